The number of aromatic nitrogens is 1. The number of quaternary nitrogens is 1. The molecule has 1 aliphatic rings. The first-order valence-corrected chi connectivity index (χ1v) is 8.22. The summed E-state index contributed by atoms with van der Waals surface area (Å²) < 4.78 is 0. The number of amides is 2. The largest absolute Gasteiger partial charge is 0.355 e. The lowest BCUT2D eigenvalue weighted by Gasteiger charge is -2.28. The van der Waals surface area contributed by atoms with Crippen LogP contribution in [-0.2, 0) is 9.59 Å². The molecule has 0 saturated carbocycles. The molecule has 0 spiro atoms. The third-order valence-corrected chi connectivity index (χ3v) is 4.04. The van der Waals surface area contributed by atoms with E-state index in [2.05, 4.69) is 26.6 Å². The molecule has 126 valence electrons. The number of piperazine rings is 1. The summed E-state index contributed by atoms with van der Waals surface area (Å²) >= 11 is 0. The van der Waals surface area contributed by atoms with Gasteiger partial charge >= 0.3 is 0 Å². The van der Waals surface area contributed by atoms with Gasteiger partial charge < -0.3 is 15.5 Å². The van der Waals surface area contributed by atoms with Gasteiger partial charge in [0.2, 0.25) is 5.91 Å². The Bertz CT molecular complexity index is 514. The maximum atomic E-state index is 12.1. The predicted octanol–water partition coefficient (Wildman–Crippen LogP) is -2.15. The zero-order valence-corrected chi connectivity index (χ0v) is 13.9. The van der Waals surface area contributed by atoms with E-state index >= 15 is 0 Å². The van der Waals surface area contributed by atoms with Crippen LogP contribution in [0.2, 0.25) is 0 Å². The summed E-state index contributed by atoms with van der Waals surface area (Å²) in [6.45, 7) is 8.20. The van der Waals surface area contributed by atoms with E-state index in [1.807, 2.05) is 25.3 Å². The minimum atomic E-state index is -0.484. The molecule has 1 aromatic rings. The Labute approximate surface area is 137 Å². The van der Waals surface area contributed by atoms with Gasteiger partial charge in [0.1, 0.15) is 32.2 Å². The molecule has 4 N–H and O–H groups in total. The van der Waals surface area contributed by atoms with Gasteiger partial charge in [-0.1, -0.05) is 6.07 Å². The van der Waals surface area contributed by atoms with Crippen LogP contribution in [0, 0.1) is 0 Å². The predicted molar refractivity (Wildman–Crippen MR) is 87.1 cm³/mol. The molecule has 23 heavy (non-hydrogen) atoms. The summed E-state index contributed by atoms with van der Waals surface area (Å²) in [5.74, 6) is 0.902. The van der Waals surface area contributed by atoms with Crippen molar-refractivity contribution in [2.45, 2.75) is 19.9 Å². The molecule has 1 saturated heterocycles. The highest BCUT2D eigenvalue weighted by Crippen LogP contribution is 2.04. The van der Waals surface area contributed by atoms with Crippen molar-refractivity contribution in [1.29, 1.82) is 0 Å². The second kappa shape index (κ2) is 8.47. The van der Waals surface area contributed by atoms with Crippen molar-refractivity contribution in [2.75, 3.05) is 44.2 Å². The lowest BCUT2D eigenvalue weighted by molar-refractivity contribution is -0.892. The number of nitrogens with one attached hydrogen (secondary N) is 4. The number of likely N-dealkylation sites (N-methyl/N-ethyl adjacent to an activating group) is 1. The molecule has 0 radical (unpaired) electrons. The molecule has 1 fully saturated rings. The Kier molecular flexibility index (Phi) is 6.34. The Morgan fingerprint density at radius 2 is 2.09 bits per heavy atom. The molecular weight excluding hydrogens is 294 g/mol. The number of aromatic amines is 1. The summed E-state index contributed by atoms with van der Waals surface area (Å²) in [5.41, 5.74) is 0. The molecule has 7 heteroatoms. The monoisotopic (exact) mass is 321 g/mol. The Balaban J connectivity index is 1.73. The van der Waals surface area contributed by atoms with Crippen LogP contribution in [0.4, 0.5) is 5.82 Å². The maximum Gasteiger partial charge on any atom is 0.275 e. The first-order chi connectivity index (χ1) is 11.1. The van der Waals surface area contributed by atoms with Crippen molar-refractivity contribution in [3.63, 3.8) is 0 Å². The summed E-state index contributed by atoms with van der Waals surface area (Å²) in [4.78, 5) is 30.5. The van der Waals surface area contributed by atoms with E-state index in [1.165, 1.54) is 4.90 Å². The van der Waals surface area contributed by atoms with Crippen molar-refractivity contribution >= 4 is 17.6 Å². The van der Waals surface area contributed by atoms with Crippen molar-refractivity contribution in [2.24, 2.45) is 0 Å². The third-order valence-electron chi connectivity index (χ3n) is 4.04. The minimum Gasteiger partial charge on any atom is -0.355 e. The SMILES string of the molecule is CCNC(=O)[C@H](C)NC(=O)C[NH+]1CCN(c2cccc[nH+]2)CC1. The lowest BCUT2D eigenvalue weighted by atomic mass is 10.2. The molecule has 1 aromatic heterocycles. The number of anilines is 1. The van der Waals surface area contributed by atoms with E-state index in [4.69, 9.17) is 0 Å². The van der Waals surface area contributed by atoms with Gasteiger partial charge in [-0.2, -0.15) is 0 Å². The summed E-state index contributed by atoms with van der Waals surface area (Å²) in [6, 6.07) is 5.56. The van der Waals surface area contributed by atoms with Crippen molar-refractivity contribution in [3.8, 4) is 0 Å². The van der Waals surface area contributed by atoms with Gasteiger partial charge in [-0.15, -0.1) is 0 Å². The Morgan fingerprint density at radius 3 is 2.70 bits per heavy atom. The molecule has 2 rings (SSSR count). The van der Waals surface area contributed by atoms with Crippen molar-refractivity contribution < 1.29 is 19.5 Å². The van der Waals surface area contributed by atoms with Gasteiger partial charge in [0.05, 0.1) is 6.20 Å². The van der Waals surface area contributed by atoms with Crippen LogP contribution >= 0.6 is 0 Å². The molecular formula is C16H27N5O2+2. The molecule has 2 amide bonds. The zero-order chi connectivity index (χ0) is 16.7. The van der Waals surface area contributed by atoms with E-state index in [0.29, 0.717) is 13.1 Å². The van der Waals surface area contributed by atoms with E-state index in [-0.39, 0.29) is 11.8 Å². The quantitative estimate of drug-likeness (QED) is 0.559. The normalized spacial score (nSPS) is 16.7. The van der Waals surface area contributed by atoms with Crippen LogP contribution in [0.15, 0.2) is 24.4 Å². The molecule has 1 aliphatic heterocycles. The summed E-state index contributed by atoms with van der Waals surface area (Å²) in [5, 5.41) is 5.47. The van der Waals surface area contributed by atoms with Gasteiger partial charge in [0.15, 0.2) is 6.54 Å². The van der Waals surface area contributed by atoms with Gasteiger partial charge in [0.25, 0.3) is 11.7 Å². The van der Waals surface area contributed by atoms with E-state index in [0.717, 1.165) is 32.0 Å². The van der Waals surface area contributed by atoms with E-state index in [1.54, 1.807) is 6.92 Å². The summed E-state index contributed by atoms with van der Waals surface area (Å²) in [6.07, 6.45) is 1.92. The van der Waals surface area contributed by atoms with Gasteiger partial charge in [0, 0.05) is 12.6 Å². The number of hydrogen-bond donors (Lipinski definition) is 3. The van der Waals surface area contributed by atoms with Gasteiger partial charge in [-0.25, -0.2) is 4.98 Å². The van der Waals surface area contributed by atoms with Crippen LogP contribution in [-0.4, -0.2) is 57.1 Å². The first-order valence-electron chi connectivity index (χ1n) is 8.22. The molecule has 0 bridgehead atoms. The third kappa shape index (κ3) is 5.21. The molecule has 0 aliphatic carbocycles. The average Bonchev–Trinajstić information content (AvgIpc) is 2.56. The molecule has 2 heterocycles. The van der Waals surface area contributed by atoms with E-state index in [9.17, 15) is 9.59 Å². The second-order valence-corrected chi connectivity index (χ2v) is 5.85. The smallest absolute Gasteiger partial charge is 0.275 e. The molecule has 0 aromatic carbocycles. The standard InChI is InChI=1S/C16H25N5O2/c1-3-17-16(23)13(2)19-15(22)12-20-8-10-21(11-9-20)14-6-4-5-7-18-14/h4-7,13H,3,8-12H2,1-2H3,(H,17,23)(H,19,22)/p+2/t13-/m0/s1. The fourth-order valence-corrected chi connectivity index (χ4v) is 2.73. The average molecular weight is 321 g/mol. The Hall–Kier alpha value is -2.15. The van der Waals surface area contributed by atoms with Crippen LogP contribution in [0.3, 0.4) is 0 Å². The number of carbonyl (C=O) groups excluding carboxylic acids is 2. The number of H-pyrrole nitrogens is 1. The number of carbonyl (C=O) groups is 2. The number of rotatable bonds is 6. The highest BCUT2D eigenvalue weighted by Gasteiger charge is 2.27. The van der Waals surface area contributed by atoms with Crippen LogP contribution < -0.4 is 25.4 Å². The van der Waals surface area contributed by atoms with Crippen LogP contribution in [0.25, 0.3) is 0 Å². The highest BCUT2D eigenvalue weighted by molar-refractivity contribution is 5.87. The Morgan fingerprint density at radius 1 is 1.35 bits per heavy atom. The number of pyridine rings is 1. The molecule has 1 atom stereocenters. The lowest BCUT2D eigenvalue weighted by Crippen LogP contribution is -3.16. The van der Waals surface area contributed by atoms with Crippen molar-refractivity contribution in [3.05, 3.63) is 24.4 Å². The van der Waals surface area contributed by atoms with E-state index < -0.39 is 6.04 Å². The van der Waals surface area contributed by atoms with Crippen LogP contribution in [0.5, 0.6) is 0 Å². The second-order valence-electron chi connectivity index (χ2n) is 5.85. The number of hydrogen-bond acceptors (Lipinski definition) is 3. The highest BCUT2D eigenvalue weighted by atomic mass is 16.2. The fourth-order valence-electron chi connectivity index (χ4n) is 2.73. The van der Waals surface area contributed by atoms with Crippen LogP contribution in [0.1, 0.15) is 13.8 Å². The fraction of sp³-hybridized carbons (Fsp3) is 0.562. The van der Waals surface area contributed by atoms with Gasteiger partial charge in [-0.3, -0.25) is 14.5 Å². The molecule has 7 nitrogen and oxygen atoms in total. The van der Waals surface area contributed by atoms with Crippen molar-refractivity contribution in [1.82, 2.24) is 10.6 Å². The summed E-state index contributed by atoms with van der Waals surface area (Å²) in [7, 11) is 0. The number of nitrogens with zero attached hydrogens (tertiary/aromatic N) is 1. The molecule has 0 unspecified atom stereocenters. The topological polar surface area (TPSA) is 80.0 Å². The first kappa shape index (κ1) is 17.2. The van der Waals surface area contributed by atoms with Gasteiger partial charge in [-0.05, 0) is 19.9 Å². The maximum absolute atomic E-state index is 12.1. The zero-order valence-electron chi connectivity index (χ0n) is 13.9. The minimum absolute atomic E-state index is 0.0709.